The highest BCUT2D eigenvalue weighted by molar-refractivity contribution is 5.78. The molecule has 0 radical (unpaired) electrons. The van der Waals surface area contributed by atoms with E-state index in [2.05, 4.69) is 22.6 Å². The number of amides is 1. The molecular weight excluding hydrogens is 190 g/mol. The molecule has 2 N–H and O–H groups in total. The molecule has 1 unspecified atom stereocenters. The standard InChI is InChI=1S/C11H23N3O/c1-9(2)12-8-11(15)13-7-10-5-4-6-14(10)3/h9-10,12H,4-8H2,1-3H3,(H,13,15). The lowest BCUT2D eigenvalue weighted by Gasteiger charge is -2.19. The molecule has 1 atom stereocenters. The zero-order valence-electron chi connectivity index (χ0n) is 10.0. The Kier molecular flexibility index (Phi) is 5.05. The maximum absolute atomic E-state index is 11.4. The summed E-state index contributed by atoms with van der Waals surface area (Å²) in [5.41, 5.74) is 0. The summed E-state index contributed by atoms with van der Waals surface area (Å²) in [7, 11) is 2.12. The van der Waals surface area contributed by atoms with E-state index in [1.165, 1.54) is 12.8 Å². The first-order chi connectivity index (χ1) is 7.09. The van der Waals surface area contributed by atoms with Crippen LogP contribution in [-0.4, -0.2) is 49.6 Å². The van der Waals surface area contributed by atoms with Crippen molar-refractivity contribution in [3.8, 4) is 0 Å². The molecule has 88 valence electrons. The molecule has 1 saturated heterocycles. The molecular formula is C11H23N3O. The second kappa shape index (κ2) is 6.08. The molecule has 0 spiro atoms. The number of carbonyl (C=O) groups is 1. The zero-order valence-corrected chi connectivity index (χ0v) is 10.0. The lowest BCUT2D eigenvalue weighted by atomic mass is 10.2. The molecule has 4 heteroatoms. The molecule has 0 aliphatic carbocycles. The lowest BCUT2D eigenvalue weighted by molar-refractivity contribution is -0.120. The fourth-order valence-electron chi connectivity index (χ4n) is 1.83. The topological polar surface area (TPSA) is 44.4 Å². The van der Waals surface area contributed by atoms with Gasteiger partial charge in [-0.1, -0.05) is 13.8 Å². The number of hydrogen-bond donors (Lipinski definition) is 2. The first kappa shape index (κ1) is 12.5. The van der Waals surface area contributed by atoms with Gasteiger partial charge in [0, 0.05) is 18.6 Å². The van der Waals surface area contributed by atoms with E-state index in [0.717, 1.165) is 13.1 Å². The Hall–Kier alpha value is -0.610. The van der Waals surface area contributed by atoms with Crippen molar-refractivity contribution >= 4 is 5.91 Å². The summed E-state index contributed by atoms with van der Waals surface area (Å²) in [5.74, 6) is 0.101. The van der Waals surface area contributed by atoms with Crippen molar-refractivity contribution in [1.82, 2.24) is 15.5 Å². The predicted molar refractivity (Wildman–Crippen MR) is 61.8 cm³/mol. The quantitative estimate of drug-likeness (QED) is 0.685. The largest absolute Gasteiger partial charge is 0.353 e. The van der Waals surface area contributed by atoms with E-state index in [1.54, 1.807) is 0 Å². The number of likely N-dealkylation sites (N-methyl/N-ethyl adjacent to an activating group) is 1. The molecule has 1 heterocycles. The summed E-state index contributed by atoms with van der Waals surface area (Å²) in [6.45, 7) is 6.45. The maximum Gasteiger partial charge on any atom is 0.234 e. The average molecular weight is 213 g/mol. The molecule has 1 aliphatic heterocycles. The second-order valence-corrected chi connectivity index (χ2v) is 4.62. The Morgan fingerprint density at radius 3 is 2.80 bits per heavy atom. The van der Waals surface area contributed by atoms with Crippen LogP contribution in [-0.2, 0) is 4.79 Å². The van der Waals surface area contributed by atoms with Crippen LogP contribution in [0.5, 0.6) is 0 Å². The number of carbonyl (C=O) groups excluding carboxylic acids is 1. The van der Waals surface area contributed by atoms with Crippen molar-refractivity contribution in [3.63, 3.8) is 0 Å². The van der Waals surface area contributed by atoms with E-state index >= 15 is 0 Å². The summed E-state index contributed by atoms with van der Waals surface area (Å²) in [6, 6.07) is 0.901. The third-order valence-corrected chi connectivity index (χ3v) is 2.88. The molecule has 4 nitrogen and oxygen atoms in total. The predicted octanol–water partition coefficient (Wildman–Crippen LogP) is 0.195. The minimum atomic E-state index is 0.101. The van der Waals surface area contributed by atoms with Crippen molar-refractivity contribution in [2.45, 2.75) is 38.8 Å². The van der Waals surface area contributed by atoms with Crippen molar-refractivity contribution in [1.29, 1.82) is 0 Å². The van der Waals surface area contributed by atoms with E-state index in [0.29, 0.717) is 18.6 Å². The van der Waals surface area contributed by atoms with E-state index in [4.69, 9.17) is 0 Å². The SMILES string of the molecule is CC(C)NCC(=O)NCC1CCCN1C. The van der Waals surface area contributed by atoms with Gasteiger partial charge in [-0.2, -0.15) is 0 Å². The molecule has 1 fully saturated rings. The summed E-state index contributed by atoms with van der Waals surface area (Å²) in [5, 5.41) is 6.07. The Morgan fingerprint density at radius 2 is 2.27 bits per heavy atom. The highest BCUT2D eigenvalue weighted by Gasteiger charge is 2.20. The highest BCUT2D eigenvalue weighted by Crippen LogP contribution is 2.13. The van der Waals surface area contributed by atoms with E-state index in [-0.39, 0.29) is 5.91 Å². The van der Waals surface area contributed by atoms with Crippen LogP contribution in [0.2, 0.25) is 0 Å². The van der Waals surface area contributed by atoms with Gasteiger partial charge in [0.25, 0.3) is 0 Å². The van der Waals surface area contributed by atoms with Gasteiger partial charge < -0.3 is 15.5 Å². The number of hydrogen-bond acceptors (Lipinski definition) is 3. The minimum absolute atomic E-state index is 0.101. The van der Waals surface area contributed by atoms with Gasteiger partial charge >= 0.3 is 0 Å². The van der Waals surface area contributed by atoms with Crippen molar-refractivity contribution in [2.75, 3.05) is 26.7 Å². The van der Waals surface area contributed by atoms with Crippen LogP contribution in [0.15, 0.2) is 0 Å². The Morgan fingerprint density at radius 1 is 1.53 bits per heavy atom. The van der Waals surface area contributed by atoms with E-state index in [9.17, 15) is 4.79 Å². The fraction of sp³-hybridized carbons (Fsp3) is 0.909. The monoisotopic (exact) mass is 213 g/mol. The van der Waals surface area contributed by atoms with Crippen molar-refractivity contribution in [2.24, 2.45) is 0 Å². The number of nitrogens with one attached hydrogen (secondary N) is 2. The zero-order chi connectivity index (χ0) is 11.3. The molecule has 0 saturated carbocycles. The van der Waals surface area contributed by atoms with Crippen LogP contribution in [0, 0.1) is 0 Å². The van der Waals surface area contributed by atoms with Gasteiger partial charge in [-0.25, -0.2) is 0 Å². The smallest absolute Gasteiger partial charge is 0.234 e. The molecule has 1 amide bonds. The molecule has 0 aromatic heterocycles. The Labute approximate surface area is 92.4 Å². The van der Waals surface area contributed by atoms with Crippen LogP contribution >= 0.6 is 0 Å². The number of nitrogens with zero attached hydrogens (tertiary/aromatic N) is 1. The van der Waals surface area contributed by atoms with Crippen molar-refractivity contribution < 1.29 is 4.79 Å². The van der Waals surface area contributed by atoms with Gasteiger partial charge in [0.2, 0.25) is 5.91 Å². The maximum atomic E-state index is 11.4. The third kappa shape index (κ3) is 4.62. The summed E-state index contributed by atoms with van der Waals surface area (Å²) in [6.07, 6.45) is 2.45. The van der Waals surface area contributed by atoms with Crippen LogP contribution in [0.3, 0.4) is 0 Å². The van der Waals surface area contributed by atoms with Crippen LogP contribution in [0.25, 0.3) is 0 Å². The summed E-state index contributed by atoms with van der Waals surface area (Å²) >= 11 is 0. The Bertz CT molecular complexity index is 206. The highest BCUT2D eigenvalue weighted by atomic mass is 16.1. The Balaban J connectivity index is 2.11. The van der Waals surface area contributed by atoms with Gasteiger partial charge in [0.1, 0.15) is 0 Å². The van der Waals surface area contributed by atoms with Gasteiger partial charge in [-0.05, 0) is 26.4 Å². The lowest BCUT2D eigenvalue weighted by Crippen LogP contribution is -2.42. The van der Waals surface area contributed by atoms with Gasteiger partial charge in [-0.15, -0.1) is 0 Å². The van der Waals surface area contributed by atoms with Gasteiger partial charge in [0.05, 0.1) is 6.54 Å². The van der Waals surface area contributed by atoms with Crippen LogP contribution < -0.4 is 10.6 Å². The first-order valence-corrected chi connectivity index (χ1v) is 5.80. The molecule has 1 aliphatic rings. The number of rotatable bonds is 5. The van der Waals surface area contributed by atoms with Crippen LogP contribution in [0.4, 0.5) is 0 Å². The molecule has 1 rings (SSSR count). The first-order valence-electron chi connectivity index (χ1n) is 5.80. The van der Waals surface area contributed by atoms with Crippen LogP contribution in [0.1, 0.15) is 26.7 Å². The van der Waals surface area contributed by atoms with Gasteiger partial charge in [0.15, 0.2) is 0 Å². The third-order valence-electron chi connectivity index (χ3n) is 2.88. The van der Waals surface area contributed by atoms with Gasteiger partial charge in [-0.3, -0.25) is 4.79 Å². The second-order valence-electron chi connectivity index (χ2n) is 4.62. The summed E-state index contributed by atoms with van der Waals surface area (Å²) < 4.78 is 0. The molecule has 0 aromatic carbocycles. The molecule has 0 bridgehead atoms. The normalized spacial score (nSPS) is 22.3. The van der Waals surface area contributed by atoms with Crippen molar-refractivity contribution in [3.05, 3.63) is 0 Å². The molecule has 15 heavy (non-hydrogen) atoms. The van der Waals surface area contributed by atoms with E-state index in [1.807, 2.05) is 13.8 Å². The van der Waals surface area contributed by atoms with E-state index < -0.39 is 0 Å². The minimum Gasteiger partial charge on any atom is -0.353 e. The summed E-state index contributed by atoms with van der Waals surface area (Å²) in [4.78, 5) is 13.7. The average Bonchev–Trinajstić information content (AvgIpc) is 2.58. The number of likely N-dealkylation sites (tertiary alicyclic amines) is 1. The molecule has 0 aromatic rings. The fourth-order valence-corrected chi connectivity index (χ4v) is 1.83.